The number of halogens is 2. The normalized spacial score (nSPS) is 10.6. The molecule has 0 saturated carbocycles. The van der Waals surface area contributed by atoms with Gasteiger partial charge in [-0.2, -0.15) is 5.10 Å². The predicted molar refractivity (Wildman–Crippen MR) is 71.3 cm³/mol. The first-order valence-electron chi connectivity index (χ1n) is 6.19. The molecule has 1 heterocycles. The average Bonchev–Trinajstić information content (AvgIpc) is 2.71. The van der Waals surface area contributed by atoms with Crippen LogP contribution in [0.15, 0.2) is 24.4 Å². The molecule has 0 bridgehead atoms. The molecule has 1 aromatic heterocycles. The maximum Gasteiger partial charge on any atom is 0.224 e. The molecule has 1 aromatic carbocycles. The van der Waals surface area contributed by atoms with Crippen LogP contribution in [0.3, 0.4) is 0 Å². The molecule has 20 heavy (non-hydrogen) atoms. The zero-order chi connectivity index (χ0) is 14.7. The number of aromatic nitrogens is 2. The lowest BCUT2D eigenvalue weighted by atomic mass is 10.1. The third-order valence-corrected chi connectivity index (χ3v) is 3.16. The van der Waals surface area contributed by atoms with Crippen molar-refractivity contribution < 1.29 is 13.6 Å². The van der Waals surface area contributed by atoms with Gasteiger partial charge >= 0.3 is 0 Å². The first-order chi connectivity index (χ1) is 9.47. The van der Waals surface area contributed by atoms with Crippen LogP contribution in [0, 0.1) is 18.6 Å². The van der Waals surface area contributed by atoms with E-state index in [0.29, 0.717) is 6.42 Å². The van der Waals surface area contributed by atoms with E-state index in [-0.39, 0.29) is 18.0 Å². The lowest BCUT2D eigenvalue weighted by molar-refractivity contribution is -0.116. The standard InChI is InChI=1S/C14H15F2N3O/c1-9-10(8-17-19(9)2)3-6-14(20)18-13-5-4-11(15)7-12(13)16/h4-5,7-8H,3,6H2,1-2H3,(H,18,20). The molecule has 6 heteroatoms. The second-order valence-electron chi connectivity index (χ2n) is 4.55. The van der Waals surface area contributed by atoms with Crippen LogP contribution in [0.2, 0.25) is 0 Å². The molecule has 2 aromatic rings. The highest BCUT2D eigenvalue weighted by Crippen LogP contribution is 2.16. The number of nitrogens with one attached hydrogen (secondary N) is 1. The van der Waals surface area contributed by atoms with Gasteiger partial charge in [-0.25, -0.2) is 8.78 Å². The van der Waals surface area contributed by atoms with Gasteiger partial charge in [0.25, 0.3) is 0 Å². The highest BCUT2D eigenvalue weighted by molar-refractivity contribution is 5.90. The molecule has 0 spiro atoms. The van der Waals surface area contributed by atoms with Crippen molar-refractivity contribution >= 4 is 11.6 Å². The Morgan fingerprint density at radius 3 is 2.75 bits per heavy atom. The van der Waals surface area contributed by atoms with Gasteiger partial charge in [-0.05, 0) is 31.0 Å². The number of nitrogens with zero attached hydrogens (tertiary/aromatic N) is 2. The summed E-state index contributed by atoms with van der Waals surface area (Å²) in [6.45, 7) is 1.92. The summed E-state index contributed by atoms with van der Waals surface area (Å²) < 4.78 is 27.8. The van der Waals surface area contributed by atoms with Crippen molar-refractivity contribution in [2.75, 3.05) is 5.32 Å². The first kappa shape index (κ1) is 14.2. The fraction of sp³-hybridized carbons (Fsp3) is 0.286. The maximum absolute atomic E-state index is 13.4. The Morgan fingerprint density at radius 2 is 2.15 bits per heavy atom. The highest BCUT2D eigenvalue weighted by Gasteiger charge is 2.10. The molecule has 0 unspecified atom stereocenters. The fourth-order valence-corrected chi connectivity index (χ4v) is 1.84. The number of benzene rings is 1. The Balaban J connectivity index is 1.94. The number of aryl methyl sites for hydroxylation is 2. The number of hydrogen-bond donors (Lipinski definition) is 1. The van der Waals surface area contributed by atoms with Crippen molar-refractivity contribution in [3.05, 3.63) is 47.3 Å². The van der Waals surface area contributed by atoms with Gasteiger partial charge in [-0.1, -0.05) is 0 Å². The van der Waals surface area contributed by atoms with Crippen LogP contribution in [0.4, 0.5) is 14.5 Å². The van der Waals surface area contributed by atoms with Crippen molar-refractivity contribution in [1.29, 1.82) is 0 Å². The molecule has 2 rings (SSSR count). The molecular weight excluding hydrogens is 264 g/mol. The number of amides is 1. The summed E-state index contributed by atoms with van der Waals surface area (Å²) in [4.78, 5) is 11.7. The Morgan fingerprint density at radius 1 is 1.40 bits per heavy atom. The predicted octanol–water partition coefficient (Wildman–Crippen LogP) is 2.58. The molecular formula is C14H15F2N3O. The number of hydrogen-bond acceptors (Lipinski definition) is 2. The Labute approximate surface area is 115 Å². The van der Waals surface area contributed by atoms with Crippen molar-refractivity contribution in [1.82, 2.24) is 9.78 Å². The van der Waals surface area contributed by atoms with Gasteiger partial charge in [-0.15, -0.1) is 0 Å². The van der Waals surface area contributed by atoms with Gasteiger partial charge in [0.15, 0.2) is 0 Å². The molecule has 0 atom stereocenters. The minimum absolute atomic E-state index is 0.0145. The lowest BCUT2D eigenvalue weighted by Gasteiger charge is -2.06. The molecule has 4 nitrogen and oxygen atoms in total. The molecule has 106 valence electrons. The smallest absolute Gasteiger partial charge is 0.224 e. The van der Waals surface area contributed by atoms with Gasteiger partial charge in [0.05, 0.1) is 11.9 Å². The minimum atomic E-state index is -0.782. The van der Waals surface area contributed by atoms with E-state index in [0.717, 1.165) is 23.4 Å². The number of anilines is 1. The second-order valence-corrected chi connectivity index (χ2v) is 4.55. The summed E-state index contributed by atoms with van der Waals surface area (Å²) in [7, 11) is 1.83. The number of carbonyl (C=O) groups excluding carboxylic acids is 1. The fourth-order valence-electron chi connectivity index (χ4n) is 1.84. The van der Waals surface area contributed by atoms with Gasteiger partial charge in [0, 0.05) is 25.2 Å². The molecule has 0 aliphatic heterocycles. The highest BCUT2D eigenvalue weighted by atomic mass is 19.1. The molecule has 1 amide bonds. The second kappa shape index (κ2) is 5.81. The van der Waals surface area contributed by atoms with Crippen LogP contribution in [0.1, 0.15) is 17.7 Å². The van der Waals surface area contributed by atoms with E-state index in [1.165, 1.54) is 6.07 Å². The van der Waals surface area contributed by atoms with E-state index >= 15 is 0 Å². The Kier molecular flexibility index (Phi) is 4.12. The molecule has 0 saturated heterocycles. The van der Waals surface area contributed by atoms with E-state index in [2.05, 4.69) is 10.4 Å². The molecule has 0 fully saturated rings. The lowest BCUT2D eigenvalue weighted by Crippen LogP contribution is -2.13. The average molecular weight is 279 g/mol. The molecule has 0 aliphatic rings. The van der Waals surface area contributed by atoms with Crippen molar-refractivity contribution in [3.8, 4) is 0 Å². The van der Waals surface area contributed by atoms with E-state index in [1.807, 2.05) is 14.0 Å². The summed E-state index contributed by atoms with van der Waals surface area (Å²) >= 11 is 0. The van der Waals surface area contributed by atoms with Gasteiger partial charge < -0.3 is 5.32 Å². The Bertz CT molecular complexity index is 637. The van der Waals surface area contributed by atoms with Crippen molar-refractivity contribution in [2.24, 2.45) is 7.05 Å². The zero-order valence-corrected chi connectivity index (χ0v) is 11.3. The summed E-state index contributed by atoms with van der Waals surface area (Å²) in [5.41, 5.74) is 1.95. The van der Waals surface area contributed by atoms with Gasteiger partial charge in [-0.3, -0.25) is 9.48 Å². The van der Waals surface area contributed by atoms with Crippen LogP contribution in [0.5, 0.6) is 0 Å². The van der Waals surface area contributed by atoms with Crippen LogP contribution in [0.25, 0.3) is 0 Å². The van der Waals surface area contributed by atoms with E-state index in [9.17, 15) is 13.6 Å². The quantitative estimate of drug-likeness (QED) is 0.935. The third kappa shape index (κ3) is 3.20. The van der Waals surface area contributed by atoms with Crippen LogP contribution in [-0.2, 0) is 18.3 Å². The number of carbonyl (C=O) groups is 1. The Hall–Kier alpha value is -2.24. The summed E-state index contributed by atoms with van der Waals surface area (Å²) in [6, 6.07) is 3.04. The minimum Gasteiger partial charge on any atom is -0.324 e. The summed E-state index contributed by atoms with van der Waals surface area (Å²) in [5, 5.41) is 6.51. The summed E-state index contributed by atoms with van der Waals surface area (Å²) in [5.74, 6) is -1.78. The van der Waals surface area contributed by atoms with Crippen molar-refractivity contribution in [3.63, 3.8) is 0 Å². The molecule has 0 aliphatic carbocycles. The van der Waals surface area contributed by atoms with Crippen LogP contribution in [-0.4, -0.2) is 15.7 Å². The van der Waals surface area contributed by atoms with E-state index in [4.69, 9.17) is 0 Å². The topological polar surface area (TPSA) is 46.9 Å². The maximum atomic E-state index is 13.4. The van der Waals surface area contributed by atoms with E-state index in [1.54, 1.807) is 10.9 Å². The SMILES string of the molecule is Cc1c(CCC(=O)Nc2ccc(F)cc2F)cnn1C. The van der Waals surface area contributed by atoms with Crippen LogP contribution < -0.4 is 5.32 Å². The zero-order valence-electron chi connectivity index (χ0n) is 11.3. The summed E-state index contributed by atoms with van der Waals surface area (Å²) in [6.07, 6.45) is 2.44. The van der Waals surface area contributed by atoms with Gasteiger partial charge in [0.1, 0.15) is 11.6 Å². The van der Waals surface area contributed by atoms with E-state index < -0.39 is 11.6 Å². The monoisotopic (exact) mass is 279 g/mol. The van der Waals surface area contributed by atoms with Crippen LogP contribution >= 0.6 is 0 Å². The first-order valence-corrected chi connectivity index (χ1v) is 6.19. The third-order valence-electron chi connectivity index (χ3n) is 3.16. The van der Waals surface area contributed by atoms with Crippen molar-refractivity contribution in [2.45, 2.75) is 19.8 Å². The number of rotatable bonds is 4. The molecule has 0 radical (unpaired) electrons. The molecule has 1 N–H and O–H groups in total. The van der Waals surface area contributed by atoms with Gasteiger partial charge in [0.2, 0.25) is 5.91 Å². The largest absolute Gasteiger partial charge is 0.324 e.